The molecule has 0 bridgehead atoms. The number of benzene rings is 2. The van der Waals surface area contributed by atoms with Crippen LogP contribution in [0.25, 0.3) is 11.2 Å². The molecule has 0 aliphatic carbocycles. The number of nitrogens with one attached hydrogen (secondary N) is 1. The van der Waals surface area contributed by atoms with Crippen LogP contribution in [-0.4, -0.2) is 79.8 Å². The number of hydrogen-bond donors (Lipinski definition) is 2. The number of fused-ring (bicyclic) bond motifs is 1. The molecule has 3 heterocycles. The van der Waals surface area contributed by atoms with Crippen LogP contribution in [0.1, 0.15) is 70.6 Å². The van der Waals surface area contributed by atoms with Crippen LogP contribution in [0.3, 0.4) is 0 Å². The maximum atomic E-state index is 10.3. The van der Waals surface area contributed by atoms with E-state index in [0.29, 0.717) is 36.0 Å². The number of nitrogens with zero attached hydrogens (tertiary/aromatic N) is 4. The summed E-state index contributed by atoms with van der Waals surface area (Å²) in [7, 11) is -2.91. The first-order chi connectivity index (χ1) is 23.5. The van der Waals surface area contributed by atoms with E-state index in [0.717, 1.165) is 0 Å². The summed E-state index contributed by atoms with van der Waals surface area (Å²) in [5, 5.41) is 13.8. The smallest absolute Gasteiger partial charge is 0.192 e. The van der Waals surface area contributed by atoms with E-state index in [-0.39, 0.29) is 34.8 Å². The quantitative estimate of drug-likeness (QED) is 0.133. The Morgan fingerprint density at radius 2 is 1.38 bits per heavy atom. The molecule has 2 N–H and O–H groups in total. The van der Waals surface area contributed by atoms with Gasteiger partial charge in [0.15, 0.2) is 45.7 Å². The predicted octanol–water partition coefficient (Wildman–Crippen LogP) is 7.89. The average Bonchev–Trinajstić information content (AvgIpc) is 3.61. The molecular formula is C38H57N5O5Si2. The lowest BCUT2D eigenvalue weighted by Gasteiger charge is -2.44. The van der Waals surface area contributed by atoms with Crippen LogP contribution >= 0.6 is 0 Å². The molecule has 0 radical (unpaired) electrons. The number of aliphatic hydroxyl groups is 1. The third-order valence-electron chi connectivity index (χ3n) is 10.9. The molecule has 272 valence electrons. The van der Waals surface area contributed by atoms with E-state index in [1.807, 2.05) is 16.7 Å². The molecule has 0 spiro atoms. The van der Waals surface area contributed by atoms with Crippen molar-refractivity contribution in [2.24, 2.45) is 0 Å². The number of aliphatic hydroxyl groups excluding tert-OH is 1. The summed E-state index contributed by atoms with van der Waals surface area (Å²) in [4.78, 5) is 14.4. The molecule has 2 aromatic carbocycles. The van der Waals surface area contributed by atoms with E-state index in [2.05, 4.69) is 122 Å². The van der Waals surface area contributed by atoms with Crippen molar-refractivity contribution in [2.45, 2.75) is 115 Å². The normalized spacial score (nSPS) is 20.6. The van der Waals surface area contributed by atoms with Gasteiger partial charge in [0.05, 0.1) is 12.9 Å². The molecule has 12 heteroatoms. The molecule has 4 atom stereocenters. The van der Waals surface area contributed by atoms with Gasteiger partial charge in [-0.3, -0.25) is 4.57 Å². The SMILES string of the molecule is COC[C@H]1O[C@@H](n2cnc3c(NCC(c4ccccc4)c4ccccc4)nc(CO)nc32)[C@H](O[Si](C)(C)C(C)(C)C)[C@@H]1O[Si](C)(C)C(C)(C)C. The molecular weight excluding hydrogens is 663 g/mol. The zero-order valence-corrected chi connectivity index (χ0v) is 33.7. The minimum absolute atomic E-state index is 0.0207. The van der Waals surface area contributed by atoms with Crippen molar-refractivity contribution in [1.29, 1.82) is 0 Å². The maximum absolute atomic E-state index is 10.3. The highest BCUT2D eigenvalue weighted by Gasteiger charge is 2.54. The summed E-state index contributed by atoms with van der Waals surface area (Å²) in [6, 6.07) is 20.8. The number of rotatable bonds is 13. The Kier molecular flexibility index (Phi) is 11.4. The Morgan fingerprint density at radius 1 is 0.840 bits per heavy atom. The van der Waals surface area contributed by atoms with E-state index in [1.165, 1.54) is 11.1 Å². The summed E-state index contributed by atoms with van der Waals surface area (Å²) >= 11 is 0. The Balaban J connectivity index is 1.57. The van der Waals surface area contributed by atoms with Crippen molar-refractivity contribution in [3.05, 3.63) is 83.9 Å². The lowest BCUT2D eigenvalue weighted by atomic mass is 9.91. The fourth-order valence-corrected chi connectivity index (χ4v) is 8.48. The van der Waals surface area contributed by atoms with Crippen LogP contribution in [0.15, 0.2) is 67.0 Å². The van der Waals surface area contributed by atoms with Crippen LogP contribution in [-0.2, 0) is 24.9 Å². The number of ether oxygens (including phenoxy) is 2. The molecule has 1 aliphatic heterocycles. The molecule has 50 heavy (non-hydrogen) atoms. The van der Waals surface area contributed by atoms with Gasteiger partial charge in [0.1, 0.15) is 24.9 Å². The van der Waals surface area contributed by atoms with Gasteiger partial charge >= 0.3 is 0 Å². The fraction of sp³-hybridized carbons (Fsp3) is 0.553. The van der Waals surface area contributed by atoms with Crippen LogP contribution in [0.4, 0.5) is 5.82 Å². The summed E-state index contributed by atoms with van der Waals surface area (Å²) in [5.41, 5.74) is 3.52. The van der Waals surface area contributed by atoms with Gasteiger partial charge in [-0.25, -0.2) is 15.0 Å². The molecule has 10 nitrogen and oxygen atoms in total. The molecule has 1 fully saturated rings. The molecule has 0 saturated carbocycles. The number of imidazole rings is 1. The second kappa shape index (κ2) is 14.9. The third kappa shape index (κ3) is 8.06. The third-order valence-corrected chi connectivity index (χ3v) is 19.8. The van der Waals surface area contributed by atoms with Crippen molar-refractivity contribution < 1.29 is 23.4 Å². The van der Waals surface area contributed by atoms with Crippen LogP contribution in [0, 0.1) is 0 Å². The first-order valence-electron chi connectivity index (χ1n) is 17.7. The van der Waals surface area contributed by atoms with E-state index in [1.54, 1.807) is 13.4 Å². The Bertz CT molecular complexity index is 1670. The van der Waals surface area contributed by atoms with Crippen LogP contribution < -0.4 is 5.32 Å². The van der Waals surface area contributed by atoms with E-state index in [9.17, 15) is 5.11 Å². The second-order valence-electron chi connectivity index (χ2n) is 16.4. The summed E-state index contributed by atoms with van der Waals surface area (Å²) < 4.78 is 28.9. The molecule has 0 amide bonds. The molecule has 4 aromatic rings. The molecule has 2 aromatic heterocycles. The standard InChI is InChI=1S/C38H57N5O5Si2/c1-37(2,3)49(8,9)47-32-29(24-45-7)46-36(33(32)48-50(10,11)38(4,5)6)43-25-40-31-34(41-30(23-44)42-35(31)43)39-22-28(26-18-14-12-15-19-26)27-20-16-13-17-21-27/h12-21,25,28-29,32-33,36,44H,22-24H2,1-11H3,(H,39,41,42)/t29-,32-,33-,36-/m1/s1. The fourth-order valence-electron chi connectivity index (χ4n) is 5.87. The van der Waals surface area contributed by atoms with Crippen molar-refractivity contribution in [2.75, 3.05) is 25.6 Å². The number of aromatic nitrogens is 4. The topological polar surface area (TPSA) is 113 Å². The van der Waals surface area contributed by atoms with Crippen LogP contribution in [0.5, 0.6) is 0 Å². The molecule has 5 rings (SSSR count). The van der Waals surface area contributed by atoms with Gasteiger partial charge in [0.25, 0.3) is 0 Å². The largest absolute Gasteiger partial charge is 0.408 e. The van der Waals surface area contributed by atoms with Gasteiger partial charge in [-0.2, -0.15) is 0 Å². The van der Waals surface area contributed by atoms with Crippen molar-refractivity contribution in [3.63, 3.8) is 0 Å². The number of methoxy groups -OCH3 is 1. The first-order valence-corrected chi connectivity index (χ1v) is 23.5. The summed E-state index contributed by atoms with van der Waals surface area (Å²) in [6.45, 7) is 23.1. The minimum atomic E-state index is -2.33. The van der Waals surface area contributed by atoms with Crippen molar-refractivity contribution in [1.82, 2.24) is 19.5 Å². The van der Waals surface area contributed by atoms with Gasteiger partial charge in [-0.05, 0) is 47.4 Å². The van der Waals surface area contributed by atoms with E-state index < -0.39 is 29.0 Å². The highest BCUT2D eigenvalue weighted by atomic mass is 28.4. The second-order valence-corrected chi connectivity index (χ2v) is 25.9. The zero-order valence-electron chi connectivity index (χ0n) is 31.7. The van der Waals surface area contributed by atoms with Gasteiger partial charge in [0.2, 0.25) is 0 Å². The van der Waals surface area contributed by atoms with Crippen LogP contribution in [0.2, 0.25) is 36.3 Å². The zero-order chi connectivity index (χ0) is 36.5. The number of hydrogen-bond acceptors (Lipinski definition) is 9. The molecule has 1 aliphatic rings. The van der Waals surface area contributed by atoms with Crippen molar-refractivity contribution in [3.8, 4) is 0 Å². The lowest BCUT2D eigenvalue weighted by molar-refractivity contribution is -0.0562. The minimum Gasteiger partial charge on any atom is -0.408 e. The summed E-state index contributed by atoms with van der Waals surface area (Å²) in [6.07, 6.45) is -0.0444. The highest BCUT2D eigenvalue weighted by Crippen LogP contribution is 2.46. The summed E-state index contributed by atoms with van der Waals surface area (Å²) in [5.74, 6) is 0.905. The van der Waals surface area contributed by atoms with Gasteiger partial charge < -0.3 is 28.7 Å². The lowest BCUT2D eigenvalue weighted by Crippen LogP contribution is -2.54. The Hall–Kier alpha value is -2.98. The highest BCUT2D eigenvalue weighted by molar-refractivity contribution is 6.74. The average molecular weight is 720 g/mol. The molecule has 1 saturated heterocycles. The van der Waals surface area contributed by atoms with E-state index in [4.69, 9.17) is 33.3 Å². The van der Waals surface area contributed by atoms with Gasteiger partial charge in [0, 0.05) is 19.6 Å². The predicted molar refractivity (Wildman–Crippen MR) is 204 cm³/mol. The van der Waals surface area contributed by atoms with Gasteiger partial charge in [-0.15, -0.1) is 0 Å². The van der Waals surface area contributed by atoms with Crippen molar-refractivity contribution >= 4 is 33.6 Å². The first kappa shape index (κ1) is 38.3. The number of anilines is 1. The monoisotopic (exact) mass is 719 g/mol. The van der Waals surface area contributed by atoms with Gasteiger partial charge in [-0.1, -0.05) is 102 Å². The Labute approximate surface area is 300 Å². The molecule has 0 unspecified atom stereocenters. The maximum Gasteiger partial charge on any atom is 0.192 e. The Morgan fingerprint density at radius 3 is 1.88 bits per heavy atom. The van der Waals surface area contributed by atoms with E-state index >= 15 is 0 Å².